The predicted octanol–water partition coefficient (Wildman–Crippen LogP) is 3.72. The number of nitrogens with zero attached hydrogens (tertiary/aromatic N) is 1. The molecule has 0 saturated carbocycles. The average molecular weight is 403 g/mol. The zero-order chi connectivity index (χ0) is 21.3. The van der Waals surface area contributed by atoms with E-state index in [2.05, 4.69) is 17.5 Å². The Labute approximate surface area is 175 Å². The van der Waals surface area contributed by atoms with Gasteiger partial charge < -0.3 is 26.9 Å². The van der Waals surface area contributed by atoms with Crippen molar-refractivity contribution in [2.75, 3.05) is 17.7 Å². The lowest BCUT2D eigenvalue weighted by atomic mass is 10.1. The van der Waals surface area contributed by atoms with Crippen LogP contribution in [0.3, 0.4) is 0 Å². The second-order valence-electron chi connectivity index (χ2n) is 6.82. The third kappa shape index (κ3) is 5.81. The fraction of sp³-hybridized carbons (Fsp3) is 0.174. The summed E-state index contributed by atoms with van der Waals surface area (Å²) in [4.78, 5) is 15.8. The van der Waals surface area contributed by atoms with Crippen molar-refractivity contribution in [3.8, 4) is 5.75 Å². The minimum absolute atomic E-state index is 0.173. The van der Waals surface area contributed by atoms with Gasteiger partial charge >= 0.3 is 0 Å². The van der Waals surface area contributed by atoms with E-state index in [0.29, 0.717) is 22.8 Å². The maximum Gasteiger partial charge on any atom is 0.255 e. The lowest BCUT2D eigenvalue weighted by Crippen LogP contribution is -2.20. The van der Waals surface area contributed by atoms with Crippen LogP contribution in [0.4, 0.5) is 11.4 Å². The van der Waals surface area contributed by atoms with Crippen LogP contribution in [-0.2, 0) is 4.79 Å². The Morgan fingerprint density at radius 3 is 2.90 bits per heavy atom. The Bertz CT molecular complexity index is 1020. The van der Waals surface area contributed by atoms with Crippen LogP contribution in [0.1, 0.15) is 30.4 Å². The normalized spacial score (nSPS) is 13.9. The van der Waals surface area contributed by atoms with Crippen molar-refractivity contribution < 1.29 is 9.53 Å². The first kappa shape index (κ1) is 20.9. The van der Waals surface area contributed by atoms with Gasteiger partial charge in [-0.05, 0) is 55.7 Å². The average Bonchev–Trinajstić information content (AvgIpc) is 2.86. The van der Waals surface area contributed by atoms with Gasteiger partial charge in [-0.15, -0.1) is 0 Å². The van der Waals surface area contributed by atoms with Crippen LogP contribution < -0.4 is 21.5 Å². The van der Waals surface area contributed by atoms with Crippen LogP contribution in [0.25, 0.3) is 5.70 Å². The van der Waals surface area contributed by atoms with Gasteiger partial charge in [-0.3, -0.25) is 4.79 Å². The van der Waals surface area contributed by atoms with Gasteiger partial charge in [-0.2, -0.15) is 0 Å². The summed E-state index contributed by atoms with van der Waals surface area (Å²) in [6, 6.07) is 12.8. The number of amidine groups is 1. The summed E-state index contributed by atoms with van der Waals surface area (Å²) in [5.41, 5.74) is 14.7. The number of anilines is 2. The van der Waals surface area contributed by atoms with Crippen molar-refractivity contribution >= 4 is 35.0 Å². The number of amides is 1. The second-order valence-corrected chi connectivity index (χ2v) is 6.82. The van der Waals surface area contributed by atoms with Gasteiger partial charge in [0.1, 0.15) is 11.6 Å². The summed E-state index contributed by atoms with van der Waals surface area (Å²) < 4.78 is 5.43. The van der Waals surface area contributed by atoms with Gasteiger partial charge in [0.2, 0.25) is 0 Å². The minimum Gasteiger partial charge on any atom is -0.484 e. The summed E-state index contributed by atoms with van der Waals surface area (Å²) in [6.07, 6.45) is 10.2. The fourth-order valence-corrected chi connectivity index (χ4v) is 2.96. The topological polar surface area (TPSA) is 127 Å². The summed E-state index contributed by atoms with van der Waals surface area (Å²) in [5.74, 6) is 0.707. The fourth-order valence-electron chi connectivity index (χ4n) is 2.96. The van der Waals surface area contributed by atoms with Crippen molar-refractivity contribution in [3.05, 3.63) is 71.8 Å². The largest absolute Gasteiger partial charge is 0.484 e. The zero-order valence-corrected chi connectivity index (χ0v) is 16.6. The lowest BCUT2D eigenvalue weighted by molar-refractivity contribution is -0.119. The molecule has 2 aromatic carbocycles. The van der Waals surface area contributed by atoms with Gasteiger partial charge in [-0.25, -0.2) is 4.99 Å². The molecule has 1 aliphatic rings. The van der Waals surface area contributed by atoms with E-state index in [1.54, 1.807) is 12.1 Å². The van der Waals surface area contributed by atoms with E-state index < -0.39 is 5.91 Å². The summed E-state index contributed by atoms with van der Waals surface area (Å²) >= 11 is 0. The molecule has 0 aromatic heterocycles. The minimum atomic E-state index is -0.524. The summed E-state index contributed by atoms with van der Waals surface area (Å²) in [7, 11) is 0. The number of allylic oxidation sites excluding steroid dienone is 2. The van der Waals surface area contributed by atoms with Crippen LogP contribution >= 0.6 is 0 Å². The van der Waals surface area contributed by atoms with E-state index in [1.165, 1.54) is 6.21 Å². The zero-order valence-electron chi connectivity index (χ0n) is 16.6. The molecule has 1 heterocycles. The molecule has 0 aliphatic carbocycles. The number of carbonyl (C=O) groups excluding carboxylic acids is 1. The Morgan fingerprint density at radius 1 is 1.23 bits per heavy atom. The molecule has 1 amide bonds. The number of carbonyl (C=O) groups is 1. The molecular formula is C23H25N5O2. The van der Waals surface area contributed by atoms with Gasteiger partial charge in [0.15, 0.2) is 6.61 Å². The van der Waals surface area contributed by atoms with Crippen molar-refractivity contribution in [1.29, 1.82) is 5.41 Å². The maximum absolute atomic E-state index is 11.0. The monoisotopic (exact) mass is 403 g/mol. The number of hydrogen-bond acceptors (Lipinski definition) is 6. The van der Waals surface area contributed by atoms with Crippen LogP contribution in [0.5, 0.6) is 5.75 Å². The number of nitrogen functional groups attached to an aromatic ring is 1. The van der Waals surface area contributed by atoms with Crippen LogP contribution in [0.15, 0.2) is 65.7 Å². The van der Waals surface area contributed by atoms with E-state index >= 15 is 0 Å². The predicted molar refractivity (Wildman–Crippen MR) is 122 cm³/mol. The highest BCUT2D eigenvalue weighted by Crippen LogP contribution is 2.24. The van der Waals surface area contributed by atoms with E-state index in [-0.39, 0.29) is 6.61 Å². The summed E-state index contributed by atoms with van der Waals surface area (Å²) in [6.45, 7) is -0.173. The van der Waals surface area contributed by atoms with E-state index in [9.17, 15) is 4.79 Å². The number of hydrogen-bond donors (Lipinski definition) is 4. The Kier molecular flexibility index (Phi) is 7.00. The van der Waals surface area contributed by atoms with Gasteiger partial charge in [0, 0.05) is 28.7 Å². The van der Waals surface area contributed by atoms with Gasteiger partial charge in [0.25, 0.3) is 5.91 Å². The molecule has 0 unspecified atom stereocenters. The molecule has 0 radical (unpaired) electrons. The van der Waals surface area contributed by atoms with Crippen LogP contribution in [0.2, 0.25) is 0 Å². The number of nitrogens with one attached hydrogen (secondary N) is 2. The van der Waals surface area contributed by atoms with Crippen molar-refractivity contribution in [3.63, 3.8) is 0 Å². The number of aliphatic imine (C=N–C) groups is 1. The molecule has 0 atom stereocenters. The first-order valence-corrected chi connectivity index (χ1v) is 9.69. The smallest absolute Gasteiger partial charge is 0.255 e. The molecule has 30 heavy (non-hydrogen) atoms. The third-order valence-electron chi connectivity index (χ3n) is 4.45. The number of ether oxygens (including phenoxy) is 1. The molecule has 154 valence electrons. The SMILES string of the molecule is N=Cc1cc(NC2=NC(c3cccc(OCC(N)=O)c3)=CCCCC=C2)ccc1N. The molecule has 0 fully saturated rings. The highest BCUT2D eigenvalue weighted by atomic mass is 16.5. The lowest BCUT2D eigenvalue weighted by Gasteiger charge is -2.11. The Hall–Kier alpha value is -3.87. The molecule has 0 bridgehead atoms. The molecular weight excluding hydrogens is 378 g/mol. The standard InChI is InChI=1S/C23H25N5O2/c24-14-17-12-18(10-11-20(17)25)27-23-9-4-2-1-3-8-21(28-23)16-6-5-7-19(13-16)30-15-22(26)29/h4-14,24H,1-3,15,25H2,(H2,26,29)(H,27,28). The van der Waals surface area contributed by atoms with Gasteiger partial charge in [-0.1, -0.05) is 24.3 Å². The molecule has 0 spiro atoms. The summed E-state index contributed by atoms with van der Waals surface area (Å²) in [5, 5.41) is 10.8. The number of primary amides is 1. The molecule has 1 aliphatic heterocycles. The third-order valence-corrected chi connectivity index (χ3v) is 4.45. The van der Waals surface area contributed by atoms with E-state index in [0.717, 1.165) is 36.2 Å². The first-order valence-electron chi connectivity index (χ1n) is 9.69. The van der Waals surface area contributed by atoms with Crippen molar-refractivity contribution in [2.45, 2.75) is 19.3 Å². The maximum atomic E-state index is 11.0. The molecule has 0 saturated heterocycles. The van der Waals surface area contributed by atoms with Crippen molar-refractivity contribution in [1.82, 2.24) is 0 Å². The first-order chi connectivity index (χ1) is 14.5. The number of rotatable bonds is 6. The van der Waals surface area contributed by atoms with Crippen LogP contribution in [-0.4, -0.2) is 24.6 Å². The molecule has 7 heteroatoms. The van der Waals surface area contributed by atoms with E-state index in [1.807, 2.05) is 36.4 Å². The molecule has 6 N–H and O–H groups in total. The van der Waals surface area contributed by atoms with Gasteiger partial charge in [0.05, 0.1) is 5.70 Å². The number of benzene rings is 2. The quantitative estimate of drug-likeness (QED) is 0.433. The molecule has 3 rings (SSSR count). The number of nitrogens with two attached hydrogens (primary N) is 2. The van der Waals surface area contributed by atoms with Crippen LogP contribution in [0, 0.1) is 5.41 Å². The van der Waals surface area contributed by atoms with E-state index in [4.69, 9.17) is 26.6 Å². The second kappa shape index (κ2) is 10.1. The molecule has 7 nitrogen and oxygen atoms in total. The highest BCUT2D eigenvalue weighted by Gasteiger charge is 2.08. The Balaban J connectivity index is 1.90. The highest BCUT2D eigenvalue weighted by molar-refractivity contribution is 6.06. The Morgan fingerprint density at radius 2 is 2.10 bits per heavy atom. The van der Waals surface area contributed by atoms with Crippen molar-refractivity contribution in [2.24, 2.45) is 10.7 Å². The molecule has 2 aromatic rings.